The molecule has 1 unspecified atom stereocenters. The summed E-state index contributed by atoms with van der Waals surface area (Å²) in [5.41, 5.74) is 1.46. The van der Waals surface area contributed by atoms with Gasteiger partial charge >= 0.3 is 0 Å². The van der Waals surface area contributed by atoms with E-state index in [-0.39, 0.29) is 17.6 Å². The summed E-state index contributed by atoms with van der Waals surface area (Å²) in [4.78, 5) is 20.0. The highest BCUT2D eigenvalue weighted by atomic mass is 19.1. The van der Waals surface area contributed by atoms with Gasteiger partial charge in [-0.2, -0.15) is 0 Å². The van der Waals surface area contributed by atoms with Crippen LogP contribution in [0.5, 0.6) is 5.75 Å². The van der Waals surface area contributed by atoms with Crippen molar-refractivity contribution in [1.29, 1.82) is 0 Å². The summed E-state index contributed by atoms with van der Waals surface area (Å²) in [6.45, 7) is 0.641. The zero-order valence-corrected chi connectivity index (χ0v) is 11.3. The first-order valence-corrected chi connectivity index (χ1v) is 6.66. The fourth-order valence-electron chi connectivity index (χ4n) is 2.28. The van der Waals surface area contributed by atoms with Crippen LogP contribution in [0.2, 0.25) is 0 Å². The normalized spacial score (nSPS) is 16.7. The number of benzene rings is 1. The molecule has 0 saturated carbocycles. The van der Waals surface area contributed by atoms with Crippen molar-refractivity contribution in [2.24, 2.45) is 5.92 Å². The Morgan fingerprint density at radius 3 is 3.14 bits per heavy atom. The van der Waals surface area contributed by atoms with Crippen molar-refractivity contribution in [1.82, 2.24) is 15.3 Å². The van der Waals surface area contributed by atoms with Crippen LogP contribution >= 0.6 is 0 Å². The zero-order chi connectivity index (χ0) is 14.7. The number of nitrogens with zero attached hydrogens (tertiary/aromatic N) is 2. The number of amides is 1. The van der Waals surface area contributed by atoms with E-state index in [4.69, 9.17) is 4.74 Å². The molecule has 1 N–H and O–H groups in total. The third kappa shape index (κ3) is 3.16. The van der Waals surface area contributed by atoms with Crippen LogP contribution in [0.1, 0.15) is 11.3 Å². The highest BCUT2D eigenvalue weighted by Gasteiger charge is 2.26. The van der Waals surface area contributed by atoms with Crippen LogP contribution in [0.25, 0.3) is 0 Å². The van der Waals surface area contributed by atoms with Gasteiger partial charge in [-0.25, -0.2) is 14.4 Å². The van der Waals surface area contributed by atoms with Gasteiger partial charge in [-0.15, -0.1) is 0 Å². The number of hydrogen-bond acceptors (Lipinski definition) is 4. The molecule has 21 heavy (non-hydrogen) atoms. The molecule has 0 fully saturated rings. The van der Waals surface area contributed by atoms with E-state index in [0.29, 0.717) is 25.3 Å². The van der Waals surface area contributed by atoms with Gasteiger partial charge in [0.1, 0.15) is 24.5 Å². The van der Waals surface area contributed by atoms with Crippen molar-refractivity contribution in [2.45, 2.75) is 13.0 Å². The molecular formula is C15H14FN3O2. The lowest BCUT2D eigenvalue weighted by molar-refractivity contribution is -0.126. The number of hydrogen-bond donors (Lipinski definition) is 1. The van der Waals surface area contributed by atoms with E-state index in [1.165, 1.54) is 18.5 Å². The number of carbonyl (C=O) groups excluding carboxylic acids is 1. The smallest absolute Gasteiger partial charge is 0.227 e. The maximum Gasteiger partial charge on any atom is 0.227 e. The van der Waals surface area contributed by atoms with Gasteiger partial charge in [0.2, 0.25) is 5.91 Å². The first-order valence-electron chi connectivity index (χ1n) is 6.66. The van der Waals surface area contributed by atoms with Gasteiger partial charge in [-0.3, -0.25) is 4.79 Å². The Morgan fingerprint density at radius 2 is 2.33 bits per heavy atom. The van der Waals surface area contributed by atoms with Gasteiger partial charge in [0.05, 0.1) is 18.2 Å². The molecule has 1 aliphatic heterocycles. The number of nitrogens with one attached hydrogen (secondary N) is 1. The lowest BCUT2D eigenvalue weighted by atomic mass is 9.96. The van der Waals surface area contributed by atoms with Crippen molar-refractivity contribution >= 4 is 5.91 Å². The molecule has 5 nitrogen and oxygen atoms in total. The summed E-state index contributed by atoms with van der Waals surface area (Å²) in [5, 5.41) is 2.81. The highest BCUT2D eigenvalue weighted by molar-refractivity contribution is 5.79. The first-order chi connectivity index (χ1) is 10.2. The molecule has 0 aliphatic carbocycles. The number of aromatic nitrogens is 2. The van der Waals surface area contributed by atoms with E-state index in [1.807, 2.05) is 0 Å². The van der Waals surface area contributed by atoms with E-state index in [1.54, 1.807) is 18.3 Å². The van der Waals surface area contributed by atoms with Crippen molar-refractivity contribution in [3.63, 3.8) is 0 Å². The Bertz CT molecular complexity index is 649. The van der Waals surface area contributed by atoms with Crippen LogP contribution in [0.3, 0.4) is 0 Å². The Kier molecular flexibility index (Phi) is 3.77. The fourth-order valence-corrected chi connectivity index (χ4v) is 2.28. The number of fused-ring (bicyclic) bond motifs is 1. The molecule has 2 aromatic rings. The van der Waals surface area contributed by atoms with Crippen molar-refractivity contribution in [3.8, 4) is 5.75 Å². The van der Waals surface area contributed by atoms with E-state index in [9.17, 15) is 9.18 Å². The summed E-state index contributed by atoms with van der Waals surface area (Å²) in [5.74, 6) is -0.111. The van der Waals surface area contributed by atoms with Gasteiger partial charge in [-0.1, -0.05) is 0 Å². The Hall–Kier alpha value is -2.50. The lowest BCUT2D eigenvalue weighted by Gasteiger charge is -2.24. The molecule has 1 aliphatic rings. The molecule has 1 atom stereocenters. The maximum absolute atomic E-state index is 13.2. The molecule has 1 aromatic heterocycles. The molecule has 2 heterocycles. The van der Waals surface area contributed by atoms with E-state index >= 15 is 0 Å². The third-order valence-electron chi connectivity index (χ3n) is 3.39. The SMILES string of the molecule is O=C(NCc1ccncn1)C1COc2ccc(F)cc2C1. The van der Waals surface area contributed by atoms with E-state index in [2.05, 4.69) is 15.3 Å². The summed E-state index contributed by atoms with van der Waals surface area (Å²) >= 11 is 0. The summed E-state index contributed by atoms with van der Waals surface area (Å²) in [6.07, 6.45) is 3.53. The fraction of sp³-hybridized carbons (Fsp3) is 0.267. The Balaban J connectivity index is 1.61. The second kappa shape index (κ2) is 5.87. The monoisotopic (exact) mass is 287 g/mol. The number of halogens is 1. The van der Waals surface area contributed by atoms with Crippen molar-refractivity contribution in [2.75, 3.05) is 6.61 Å². The maximum atomic E-state index is 13.2. The van der Waals surface area contributed by atoms with Crippen LogP contribution in [-0.4, -0.2) is 22.5 Å². The average Bonchev–Trinajstić information content (AvgIpc) is 2.53. The topological polar surface area (TPSA) is 64.1 Å². The number of carbonyl (C=O) groups is 1. The predicted octanol–water partition coefficient (Wildman–Crippen LogP) is 1.48. The van der Waals surface area contributed by atoms with Crippen LogP contribution < -0.4 is 10.1 Å². The molecule has 0 radical (unpaired) electrons. The minimum Gasteiger partial charge on any atom is -0.492 e. The quantitative estimate of drug-likeness (QED) is 0.929. The summed E-state index contributed by atoms with van der Waals surface area (Å²) < 4.78 is 18.7. The van der Waals surface area contributed by atoms with E-state index in [0.717, 1.165) is 11.3 Å². The molecule has 3 rings (SSSR count). The zero-order valence-electron chi connectivity index (χ0n) is 11.3. The molecule has 0 spiro atoms. The second-order valence-electron chi connectivity index (χ2n) is 4.88. The van der Waals surface area contributed by atoms with Gasteiger partial charge in [0.15, 0.2) is 0 Å². The standard InChI is InChI=1S/C15H14FN3O2/c16-12-1-2-14-10(6-12)5-11(8-21-14)15(20)18-7-13-3-4-17-9-19-13/h1-4,6,9,11H,5,7-8H2,(H,18,20). The van der Waals surface area contributed by atoms with Crippen LogP contribution in [0, 0.1) is 11.7 Å². The van der Waals surface area contributed by atoms with E-state index < -0.39 is 0 Å². The minimum absolute atomic E-state index is 0.122. The minimum atomic E-state index is -0.320. The number of rotatable bonds is 3. The van der Waals surface area contributed by atoms with Crippen LogP contribution in [-0.2, 0) is 17.8 Å². The Morgan fingerprint density at radius 1 is 1.43 bits per heavy atom. The third-order valence-corrected chi connectivity index (χ3v) is 3.39. The molecule has 1 aromatic carbocycles. The van der Waals surface area contributed by atoms with Crippen molar-refractivity contribution in [3.05, 3.63) is 53.9 Å². The molecule has 0 bridgehead atoms. The molecule has 1 amide bonds. The van der Waals surface area contributed by atoms with Gasteiger partial charge < -0.3 is 10.1 Å². The second-order valence-corrected chi connectivity index (χ2v) is 4.88. The highest BCUT2D eigenvalue weighted by Crippen LogP contribution is 2.27. The Labute approximate surface area is 121 Å². The lowest BCUT2D eigenvalue weighted by Crippen LogP contribution is -2.37. The molecule has 108 valence electrons. The van der Waals surface area contributed by atoms with Gasteiger partial charge in [-0.05, 0) is 36.2 Å². The molecule has 0 saturated heterocycles. The molecule has 6 heteroatoms. The largest absolute Gasteiger partial charge is 0.492 e. The average molecular weight is 287 g/mol. The van der Waals surface area contributed by atoms with Crippen LogP contribution in [0.4, 0.5) is 4.39 Å². The van der Waals surface area contributed by atoms with Crippen LogP contribution in [0.15, 0.2) is 36.8 Å². The van der Waals surface area contributed by atoms with Gasteiger partial charge in [0, 0.05) is 6.20 Å². The first kappa shape index (κ1) is 13.5. The van der Waals surface area contributed by atoms with Gasteiger partial charge in [0.25, 0.3) is 0 Å². The molecular weight excluding hydrogens is 273 g/mol. The number of ether oxygens (including phenoxy) is 1. The van der Waals surface area contributed by atoms with Crippen molar-refractivity contribution < 1.29 is 13.9 Å². The summed E-state index contributed by atoms with van der Waals surface area (Å²) in [7, 11) is 0. The summed E-state index contributed by atoms with van der Waals surface area (Å²) in [6, 6.07) is 6.11. The predicted molar refractivity (Wildman–Crippen MR) is 73.0 cm³/mol.